The first-order chi connectivity index (χ1) is 17.9. The quantitative estimate of drug-likeness (QED) is 0.630. The summed E-state index contributed by atoms with van der Waals surface area (Å²) in [5.41, 5.74) is -2.43. The van der Waals surface area contributed by atoms with Crippen molar-refractivity contribution >= 4 is 5.90 Å². The lowest BCUT2D eigenvalue weighted by molar-refractivity contribution is -0.296. The van der Waals surface area contributed by atoms with E-state index in [0.29, 0.717) is 42.1 Å². The molecule has 5 unspecified atom stereocenters. The molecule has 5 atom stereocenters. The van der Waals surface area contributed by atoms with Gasteiger partial charge >= 0.3 is 0 Å². The monoisotopic (exact) mass is 498 g/mol. The molecule has 9 nitrogen and oxygen atoms in total. The predicted molar refractivity (Wildman–Crippen MR) is 130 cm³/mol. The lowest BCUT2D eigenvalue weighted by Crippen LogP contribution is -2.60. The van der Waals surface area contributed by atoms with Crippen LogP contribution in [0.5, 0.6) is 17.2 Å². The fourth-order valence-electron chi connectivity index (χ4n) is 6.42. The third-order valence-corrected chi connectivity index (χ3v) is 8.17. The van der Waals surface area contributed by atoms with E-state index in [9.17, 15) is 15.8 Å². The van der Waals surface area contributed by atoms with Gasteiger partial charge in [0.05, 0.1) is 45.5 Å². The maximum Gasteiger partial charge on any atom is 0.217 e. The van der Waals surface area contributed by atoms with E-state index in [1.165, 1.54) is 21.3 Å². The minimum atomic E-state index is -2.08. The Morgan fingerprint density at radius 3 is 2.11 bits per heavy atom. The number of hydrogen-bond donors (Lipinski definition) is 1. The molecule has 5 rings (SSSR count). The Bertz CT molecular complexity index is 1330. The van der Waals surface area contributed by atoms with E-state index in [2.05, 4.69) is 18.2 Å². The van der Waals surface area contributed by atoms with Crippen LogP contribution in [-0.4, -0.2) is 33.0 Å². The van der Waals surface area contributed by atoms with Crippen LogP contribution in [0.15, 0.2) is 42.5 Å². The van der Waals surface area contributed by atoms with Crippen molar-refractivity contribution in [2.24, 2.45) is 16.7 Å². The van der Waals surface area contributed by atoms with Crippen molar-refractivity contribution in [2.45, 2.75) is 37.1 Å². The second kappa shape index (κ2) is 8.69. The van der Waals surface area contributed by atoms with Crippen LogP contribution in [0, 0.1) is 56.2 Å². The van der Waals surface area contributed by atoms with E-state index >= 15 is 0 Å². The molecule has 0 spiro atoms. The number of nitrogens with zero attached hydrogens (tertiary/aromatic N) is 3. The summed E-state index contributed by atoms with van der Waals surface area (Å²) in [5.74, 6) is -1.37. The topological polar surface area (TPSA) is 141 Å². The smallest absolute Gasteiger partial charge is 0.217 e. The molecule has 2 heterocycles. The van der Waals surface area contributed by atoms with E-state index in [1.54, 1.807) is 12.1 Å². The molecule has 2 saturated heterocycles. The molecule has 0 aromatic heterocycles. The Morgan fingerprint density at radius 1 is 0.919 bits per heavy atom. The van der Waals surface area contributed by atoms with Gasteiger partial charge in [0.2, 0.25) is 22.8 Å². The summed E-state index contributed by atoms with van der Waals surface area (Å²) in [6, 6.07) is 19.6. The molecule has 2 aliphatic heterocycles. The number of nitriles is 3. The molecule has 1 aliphatic carbocycles. The Hall–Kier alpha value is -4.26. The fourth-order valence-corrected chi connectivity index (χ4v) is 6.42. The van der Waals surface area contributed by atoms with Crippen LogP contribution in [0.1, 0.15) is 42.4 Å². The van der Waals surface area contributed by atoms with Crippen molar-refractivity contribution in [2.75, 3.05) is 21.3 Å². The second-order valence-corrected chi connectivity index (χ2v) is 9.59. The van der Waals surface area contributed by atoms with Gasteiger partial charge in [0.15, 0.2) is 16.9 Å². The van der Waals surface area contributed by atoms with E-state index in [4.69, 9.17) is 29.1 Å². The zero-order valence-electron chi connectivity index (χ0n) is 20.8. The molecule has 3 fully saturated rings. The summed E-state index contributed by atoms with van der Waals surface area (Å²) in [6.07, 6.45) is 0.316. The van der Waals surface area contributed by atoms with Crippen molar-refractivity contribution in [1.29, 1.82) is 21.2 Å². The van der Waals surface area contributed by atoms with E-state index in [-0.39, 0.29) is 5.92 Å². The molecule has 1 saturated carbocycles. The molecule has 0 amide bonds. The number of ether oxygens (including phenoxy) is 5. The van der Waals surface area contributed by atoms with E-state index in [0.717, 1.165) is 5.56 Å². The summed E-state index contributed by atoms with van der Waals surface area (Å²) in [6.45, 7) is 0. The van der Waals surface area contributed by atoms with Gasteiger partial charge in [0.1, 0.15) is 6.10 Å². The van der Waals surface area contributed by atoms with Gasteiger partial charge in [-0.25, -0.2) is 0 Å². The van der Waals surface area contributed by atoms with Crippen molar-refractivity contribution in [1.82, 2.24) is 0 Å². The first-order valence-corrected chi connectivity index (χ1v) is 11.9. The van der Waals surface area contributed by atoms with Gasteiger partial charge in [0, 0.05) is 6.42 Å². The summed E-state index contributed by atoms with van der Waals surface area (Å²) >= 11 is 0. The largest absolute Gasteiger partial charge is 0.493 e. The Balaban J connectivity index is 1.70. The molecule has 1 N–H and O–H groups in total. The van der Waals surface area contributed by atoms with E-state index < -0.39 is 34.5 Å². The molecule has 2 aromatic rings. The lowest BCUT2D eigenvalue weighted by Gasteiger charge is -2.52. The summed E-state index contributed by atoms with van der Waals surface area (Å²) in [5, 5.41) is 40.7. The summed E-state index contributed by atoms with van der Waals surface area (Å²) < 4.78 is 29.1. The maximum atomic E-state index is 10.7. The number of nitrogens with one attached hydrogen (secondary N) is 1. The molecule has 3 aliphatic rings. The van der Waals surface area contributed by atoms with Crippen LogP contribution < -0.4 is 14.2 Å². The Morgan fingerprint density at radius 2 is 1.57 bits per heavy atom. The highest BCUT2D eigenvalue weighted by molar-refractivity contribution is 5.89. The fraction of sp³-hybridized carbons (Fsp3) is 0.429. The normalized spacial score (nSPS) is 31.0. The first kappa shape index (κ1) is 24.4. The minimum absolute atomic E-state index is 0.0676. The van der Waals surface area contributed by atoms with Crippen molar-refractivity contribution < 1.29 is 23.7 Å². The van der Waals surface area contributed by atoms with Gasteiger partial charge in [-0.3, -0.25) is 5.41 Å². The van der Waals surface area contributed by atoms with Gasteiger partial charge in [-0.15, -0.1) is 0 Å². The van der Waals surface area contributed by atoms with Crippen LogP contribution in [-0.2, 0) is 9.47 Å². The van der Waals surface area contributed by atoms with Gasteiger partial charge < -0.3 is 23.7 Å². The predicted octanol–water partition coefficient (Wildman–Crippen LogP) is 4.61. The van der Waals surface area contributed by atoms with E-state index in [1.807, 2.05) is 30.3 Å². The highest BCUT2D eigenvalue weighted by Gasteiger charge is 2.81. The average Bonchev–Trinajstić information content (AvgIpc) is 3.15. The van der Waals surface area contributed by atoms with Crippen molar-refractivity contribution in [3.05, 3.63) is 53.6 Å². The van der Waals surface area contributed by atoms with Crippen molar-refractivity contribution in [3.8, 4) is 35.5 Å². The number of rotatable bonds is 5. The van der Waals surface area contributed by atoms with Gasteiger partial charge in [0.25, 0.3) is 0 Å². The first-order valence-electron chi connectivity index (χ1n) is 11.9. The highest BCUT2D eigenvalue weighted by Crippen LogP contribution is 2.70. The average molecular weight is 499 g/mol. The van der Waals surface area contributed by atoms with Gasteiger partial charge in [-0.1, -0.05) is 30.3 Å². The highest BCUT2D eigenvalue weighted by atomic mass is 16.7. The van der Waals surface area contributed by atoms with Crippen LogP contribution in [0.4, 0.5) is 0 Å². The maximum absolute atomic E-state index is 10.7. The molecular weight excluding hydrogens is 472 g/mol. The Labute approximate surface area is 215 Å². The molecule has 0 radical (unpaired) electrons. The SMILES string of the molecule is COc1cc(C2OC34CCC(c5ccccc5)CC3C(C#N)(C(=N)O4)C2(C#N)C#N)cc(OC)c1OC. The summed E-state index contributed by atoms with van der Waals surface area (Å²) in [4.78, 5) is 0. The third kappa shape index (κ3) is 3.06. The van der Waals surface area contributed by atoms with Crippen LogP contribution in [0.2, 0.25) is 0 Å². The van der Waals surface area contributed by atoms with Crippen LogP contribution >= 0.6 is 0 Å². The van der Waals surface area contributed by atoms with Crippen LogP contribution in [0.3, 0.4) is 0 Å². The molecule has 2 aromatic carbocycles. The van der Waals surface area contributed by atoms with Crippen molar-refractivity contribution in [3.63, 3.8) is 0 Å². The molecule has 188 valence electrons. The molecule has 9 heteroatoms. The third-order valence-electron chi connectivity index (χ3n) is 8.17. The van der Waals surface area contributed by atoms with Gasteiger partial charge in [-0.05, 0) is 42.0 Å². The zero-order chi connectivity index (χ0) is 26.4. The summed E-state index contributed by atoms with van der Waals surface area (Å²) in [7, 11) is 4.40. The zero-order valence-corrected chi connectivity index (χ0v) is 20.8. The standard InChI is InChI=1S/C28H26N4O5/c1-33-20-11-19(12-21(34-2)23(20)35-3)24-26(14-29,15-30)27(16-31)22-13-18(17-7-5-4-6-8-17)9-10-28(22,36-24)37-25(27)32/h4-8,11-12,18,22,24,32H,9-10,13H2,1-3H3. The number of methoxy groups -OCH3 is 3. The second-order valence-electron chi connectivity index (χ2n) is 9.59. The number of hydrogen-bond acceptors (Lipinski definition) is 9. The molecular formula is C28H26N4O5. The lowest BCUT2D eigenvalue weighted by atomic mass is 9.50. The molecule has 2 bridgehead atoms. The molecule has 37 heavy (non-hydrogen) atoms. The minimum Gasteiger partial charge on any atom is -0.493 e. The van der Waals surface area contributed by atoms with Gasteiger partial charge in [-0.2, -0.15) is 15.8 Å². The number of benzene rings is 2. The van der Waals surface area contributed by atoms with Crippen LogP contribution in [0.25, 0.3) is 0 Å². The Kier molecular flexibility index (Phi) is 5.74.